The van der Waals surface area contributed by atoms with Gasteiger partial charge in [-0.15, -0.1) is 0 Å². The van der Waals surface area contributed by atoms with Gasteiger partial charge in [-0.25, -0.2) is 4.79 Å². The fraction of sp³-hybridized carbons (Fsp3) is 0.278. The lowest BCUT2D eigenvalue weighted by atomic mass is 10.1. The van der Waals surface area contributed by atoms with Gasteiger partial charge in [0.15, 0.2) is 0 Å². The molecular weight excluding hydrogens is 278 g/mol. The number of fused-ring (bicyclic) bond motifs is 1. The van der Waals surface area contributed by atoms with Crippen molar-refractivity contribution < 1.29 is 14.3 Å². The van der Waals surface area contributed by atoms with Gasteiger partial charge in [0.05, 0.1) is 12.7 Å². The monoisotopic (exact) mass is 299 g/mol. The predicted molar refractivity (Wildman–Crippen MR) is 87.0 cm³/mol. The summed E-state index contributed by atoms with van der Waals surface area (Å²) in [6, 6.07) is 5.36. The molecule has 4 heteroatoms. The second kappa shape index (κ2) is 7.61. The van der Waals surface area contributed by atoms with Gasteiger partial charge in [-0.05, 0) is 24.6 Å². The topological polar surface area (TPSA) is 47.6 Å². The number of esters is 1. The lowest BCUT2D eigenvalue weighted by Crippen LogP contribution is -2.29. The Morgan fingerprint density at radius 2 is 2.27 bits per heavy atom. The Hall–Kier alpha value is -2.33. The van der Waals surface area contributed by atoms with Gasteiger partial charge < -0.3 is 14.8 Å². The minimum absolute atomic E-state index is 0.171. The molecule has 2 rings (SSSR count). The van der Waals surface area contributed by atoms with Gasteiger partial charge in [0.1, 0.15) is 11.9 Å². The SMILES string of the molecule is C=C(/C=C\C=C/C)[C@@H]1CNCc2ccc(C(=O)OC)cc2O1. The molecule has 116 valence electrons. The number of allylic oxidation sites excluding steroid dienone is 3. The van der Waals surface area contributed by atoms with Crippen LogP contribution < -0.4 is 10.1 Å². The van der Waals surface area contributed by atoms with Crippen LogP contribution in [0.15, 0.2) is 54.7 Å². The average Bonchev–Trinajstić information content (AvgIpc) is 2.75. The van der Waals surface area contributed by atoms with Crippen LogP contribution in [0.25, 0.3) is 0 Å². The molecule has 1 aliphatic heterocycles. The van der Waals surface area contributed by atoms with Crippen LogP contribution in [-0.4, -0.2) is 25.7 Å². The Balaban J connectivity index is 2.21. The van der Waals surface area contributed by atoms with Crippen LogP contribution in [0.2, 0.25) is 0 Å². The van der Waals surface area contributed by atoms with Crippen LogP contribution in [0.1, 0.15) is 22.8 Å². The average molecular weight is 299 g/mol. The molecule has 1 aromatic rings. The van der Waals surface area contributed by atoms with E-state index < -0.39 is 0 Å². The number of hydrogen-bond acceptors (Lipinski definition) is 4. The number of hydrogen-bond donors (Lipinski definition) is 1. The fourth-order valence-electron chi connectivity index (χ4n) is 2.19. The van der Waals surface area contributed by atoms with Crippen molar-refractivity contribution in [3.8, 4) is 5.75 Å². The van der Waals surface area contributed by atoms with Crippen molar-refractivity contribution in [2.75, 3.05) is 13.7 Å². The van der Waals surface area contributed by atoms with Gasteiger partial charge in [-0.1, -0.05) is 36.9 Å². The molecule has 1 heterocycles. The van der Waals surface area contributed by atoms with Crippen LogP contribution >= 0.6 is 0 Å². The number of nitrogens with one attached hydrogen (secondary N) is 1. The number of carbonyl (C=O) groups excluding carboxylic acids is 1. The Morgan fingerprint density at radius 3 is 3.00 bits per heavy atom. The molecule has 4 nitrogen and oxygen atoms in total. The quantitative estimate of drug-likeness (QED) is 0.686. The molecule has 0 amide bonds. The highest BCUT2D eigenvalue weighted by Crippen LogP contribution is 2.26. The summed E-state index contributed by atoms with van der Waals surface area (Å²) in [4.78, 5) is 11.6. The minimum Gasteiger partial charge on any atom is -0.484 e. The second-order valence-electron chi connectivity index (χ2n) is 5.01. The summed E-state index contributed by atoms with van der Waals surface area (Å²) in [7, 11) is 1.37. The van der Waals surface area contributed by atoms with Gasteiger partial charge >= 0.3 is 5.97 Å². The van der Waals surface area contributed by atoms with Gasteiger partial charge in [-0.3, -0.25) is 0 Å². The molecule has 1 aliphatic rings. The summed E-state index contributed by atoms with van der Waals surface area (Å²) in [5.74, 6) is 0.324. The first-order valence-corrected chi connectivity index (χ1v) is 7.22. The first-order valence-electron chi connectivity index (χ1n) is 7.22. The van der Waals surface area contributed by atoms with Gasteiger partial charge in [-0.2, -0.15) is 0 Å². The van der Waals surface area contributed by atoms with E-state index in [1.165, 1.54) is 7.11 Å². The zero-order valence-electron chi connectivity index (χ0n) is 13.0. The van der Waals surface area contributed by atoms with Crippen LogP contribution in [0.3, 0.4) is 0 Å². The fourth-order valence-corrected chi connectivity index (χ4v) is 2.19. The molecule has 0 aromatic heterocycles. The maximum atomic E-state index is 11.6. The molecule has 22 heavy (non-hydrogen) atoms. The smallest absolute Gasteiger partial charge is 0.337 e. The Kier molecular flexibility index (Phi) is 5.55. The first-order chi connectivity index (χ1) is 10.7. The molecular formula is C18H21NO3. The van der Waals surface area contributed by atoms with Crippen molar-refractivity contribution >= 4 is 5.97 Å². The van der Waals surface area contributed by atoms with E-state index in [9.17, 15) is 4.79 Å². The number of methoxy groups -OCH3 is 1. The number of rotatable bonds is 4. The van der Waals surface area contributed by atoms with Gasteiger partial charge in [0.2, 0.25) is 0 Å². The van der Waals surface area contributed by atoms with Crippen molar-refractivity contribution in [2.45, 2.75) is 19.6 Å². The summed E-state index contributed by atoms with van der Waals surface area (Å²) < 4.78 is 10.8. The summed E-state index contributed by atoms with van der Waals surface area (Å²) in [6.45, 7) is 7.38. The predicted octanol–water partition coefficient (Wildman–Crippen LogP) is 3.01. The zero-order valence-corrected chi connectivity index (χ0v) is 13.0. The highest BCUT2D eigenvalue weighted by atomic mass is 16.5. The van der Waals surface area contributed by atoms with Crippen molar-refractivity contribution in [2.24, 2.45) is 0 Å². The van der Waals surface area contributed by atoms with E-state index in [4.69, 9.17) is 9.47 Å². The van der Waals surface area contributed by atoms with Crippen molar-refractivity contribution in [1.29, 1.82) is 0 Å². The van der Waals surface area contributed by atoms with E-state index in [-0.39, 0.29) is 12.1 Å². The highest BCUT2D eigenvalue weighted by molar-refractivity contribution is 5.89. The standard InChI is InChI=1S/C18H21NO3/c1-4-5-6-7-13(2)17-12-19-11-15-9-8-14(18(20)21-3)10-16(15)22-17/h4-10,17,19H,2,11-12H2,1,3H3/b5-4-,7-6-/t17-/m0/s1. The molecule has 0 saturated carbocycles. The first kappa shape index (κ1) is 16.0. The molecule has 1 N–H and O–H groups in total. The molecule has 0 radical (unpaired) electrons. The van der Waals surface area contributed by atoms with E-state index in [2.05, 4.69) is 11.9 Å². The van der Waals surface area contributed by atoms with Crippen LogP contribution in [-0.2, 0) is 11.3 Å². The highest BCUT2D eigenvalue weighted by Gasteiger charge is 2.20. The summed E-state index contributed by atoms with van der Waals surface area (Å²) in [5.41, 5.74) is 2.37. The molecule has 1 atom stereocenters. The molecule has 0 bridgehead atoms. The largest absolute Gasteiger partial charge is 0.484 e. The van der Waals surface area contributed by atoms with E-state index in [0.717, 1.165) is 11.1 Å². The van der Waals surface area contributed by atoms with E-state index in [0.29, 0.717) is 24.4 Å². The lowest BCUT2D eigenvalue weighted by molar-refractivity contribution is 0.0600. The number of carbonyl (C=O) groups is 1. The van der Waals surface area contributed by atoms with Crippen molar-refractivity contribution in [3.63, 3.8) is 0 Å². The minimum atomic E-state index is -0.369. The second-order valence-corrected chi connectivity index (χ2v) is 5.01. The Morgan fingerprint density at radius 1 is 1.45 bits per heavy atom. The maximum Gasteiger partial charge on any atom is 0.337 e. The maximum absolute atomic E-state index is 11.6. The van der Waals surface area contributed by atoms with Crippen molar-refractivity contribution in [1.82, 2.24) is 5.32 Å². The number of benzene rings is 1. The van der Waals surface area contributed by atoms with E-state index in [1.807, 2.05) is 37.3 Å². The molecule has 0 unspecified atom stereocenters. The molecule has 0 spiro atoms. The third kappa shape index (κ3) is 3.86. The zero-order chi connectivity index (χ0) is 15.9. The Labute approximate surface area is 131 Å². The van der Waals surface area contributed by atoms with Gasteiger partial charge in [0.25, 0.3) is 0 Å². The summed E-state index contributed by atoms with van der Waals surface area (Å²) in [5, 5.41) is 3.33. The van der Waals surface area contributed by atoms with E-state index >= 15 is 0 Å². The van der Waals surface area contributed by atoms with Crippen LogP contribution in [0.5, 0.6) is 5.75 Å². The Bertz CT molecular complexity index is 617. The molecule has 0 fully saturated rings. The summed E-state index contributed by atoms with van der Waals surface area (Å²) >= 11 is 0. The summed E-state index contributed by atoms with van der Waals surface area (Å²) in [6.07, 6.45) is 7.59. The third-order valence-electron chi connectivity index (χ3n) is 3.43. The van der Waals surface area contributed by atoms with Gasteiger partial charge in [0, 0.05) is 18.7 Å². The molecule has 0 aliphatic carbocycles. The van der Waals surface area contributed by atoms with Crippen molar-refractivity contribution in [3.05, 3.63) is 65.8 Å². The normalized spacial score (nSPS) is 17.8. The third-order valence-corrected chi connectivity index (χ3v) is 3.43. The lowest BCUT2D eigenvalue weighted by Gasteiger charge is -2.18. The van der Waals surface area contributed by atoms with Crippen LogP contribution in [0, 0.1) is 0 Å². The molecule has 0 saturated heterocycles. The van der Waals surface area contributed by atoms with E-state index in [1.54, 1.807) is 12.1 Å². The molecule has 1 aromatic carbocycles. The number of ether oxygens (including phenoxy) is 2. The van der Waals surface area contributed by atoms with Crippen LogP contribution in [0.4, 0.5) is 0 Å².